The number of anilines is 9. The summed E-state index contributed by atoms with van der Waals surface area (Å²) >= 11 is 0. The van der Waals surface area contributed by atoms with Crippen LogP contribution in [-0.2, 0) is 0 Å². The van der Waals surface area contributed by atoms with Crippen LogP contribution in [-0.4, -0.2) is 43.0 Å². The van der Waals surface area contributed by atoms with E-state index in [9.17, 15) is 4.79 Å². The quantitative estimate of drug-likeness (QED) is 0.0922. The maximum atomic E-state index is 11.6. The van der Waals surface area contributed by atoms with Gasteiger partial charge in [0, 0.05) is 24.1 Å². The van der Waals surface area contributed by atoms with Gasteiger partial charge in [-0.15, -0.1) is 0 Å². The highest BCUT2D eigenvalue weighted by molar-refractivity contribution is 5.84. The van der Waals surface area contributed by atoms with Crippen LogP contribution in [0.25, 0.3) is 0 Å². The Balaban J connectivity index is 0.000000212. The highest BCUT2D eigenvalue weighted by atomic mass is 16.6. The molecule has 0 fully saturated rings. The molecular formula is C35H36N12O2. The molecule has 2 aromatic heterocycles. The molecule has 4 aromatic carbocycles. The number of hydrogen-bond acceptors (Lipinski definition) is 13. The summed E-state index contributed by atoms with van der Waals surface area (Å²) in [6.45, 7) is 6.15. The lowest BCUT2D eigenvalue weighted by Gasteiger charge is -2.12. The van der Waals surface area contributed by atoms with E-state index in [1.54, 1.807) is 31.3 Å². The van der Waals surface area contributed by atoms with Crippen LogP contribution < -0.4 is 37.1 Å². The molecule has 0 spiro atoms. The number of ether oxygens (including phenoxy) is 1. The second kappa shape index (κ2) is 16.1. The van der Waals surface area contributed by atoms with Gasteiger partial charge in [0.1, 0.15) is 5.75 Å². The lowest BCUT2D eigenvalue weighted by atomic mass is 10.2. The van der Waals surface area contributed by atoms with Crippen molar-refractivity contribution >= 4 is 58.8 Å². The molecule has 0 aliphatic rings. The van der Waals surface area contributed by atoms with Crippen LogP contribution in [0.3, 0.4) is 0 Å². The Morgan fingerprint density at radius 3 is 1.41 bits per heavy atom. The van der Waals surface area contributed by atoms with Crippen LogP contribution in [0.4, 0.5) is 57.5 Å². The van der Waals surface area contributed by atoms with E-state index in [1.165, 1.54) is 0 Å². The first kappa shape index (κ1) is 33.5. The van der Waals surface area contributed by atoms with Crippen LogP contribution in [0.1, 0.15) is 16.7 Å². The summed E-state index contributed by atoms with van der Waals surface area (Å²) in [6.07, 6.45) is -0.709. The minimum atomic E-state index is -0.709. The smallest absolute Gasteiger partial charge is 0.410 e. The summed E-state index contributed by atoms with van der Waals surface area (Å²) in [6, 6.07) is 32.9. The topological polar surface area (TPSA) is 190 Å². The minimum Gasteiger partial charge on any atom is -0.410 e. The van der Waals surface area contributed by atoms with Gasteiger partial charge >= 0.3 is 6.09 Å². The van der Waals surface area contributed by atoms with Gasteiger partial charge in [-0.2, -0.15) is 29.9 Å². The normalized spacial score (nSPS) is 10.2. The molecule has 6 aromatic rings. The lowest BCUT2D eigenvalue weighted by Crippen LogP contribution is -2.19. The molecule has 248 valence electrons. The zero-order valence-corrected chi connectivity index (χ0v) is 27.4. The van der Waals surface area contributed by atoms with Gasteiger partial charge in [0.15, 0.2) is 0 Å². The fourth-order valence-corrected chi connectivity index (χ4v) is 4.37. The number of hydrogen-bond donors (Lipinski definition) is 6. The van der Waals surface area contributed by atoms with Crippen molar-refractivity contribution in [1.82, 2.24) is 29.9 Å². The van der Waals surface area contributed by atoms with E-state index >= 15 is 0 Å². The summed E-state index contributed by atoms with van der Waals surface area (Å²) in [7, 11) is 1.63. The van der Waals surface area contributed by atoms with E-state index in [1.807, 2.05) is 99.6 Å². The van der Waals surface area contributed by atoms with E-state index in [-0.39, 0.29) is 17.8 Å². The third-order valence-corrected chi connectivity index (χ3v) is 6.50. The molecule has 0 radical (unpaired) electrons. The van der Waals surface area contributed by atoms with Crippen molar-refractivity contribution in [3.63, 3.8) is 0 Å². The SMILES string of the molecule is CNc1nc(N)nc(NC(=O)Oc2ccccc2)n1.Cc1cccc(Nc2nc(Nc3cccc(C)c3)nc(Nc3cccc(C)c3)n2)c1. The summed E-state index contributed by atoms with van der Waals surface area (Å²) in [5.74, 6) is 2.05. The number of nitrogens with zero attached hydrogens (tertiary/aromatic N) is 6. The molecule has 0 saturated carbocycles. The number of nitrogens with two attached hydrogens (primary N) is 1. The van der Waals surface area contributed by atoms with Gasteiger partial charge in [0.2, 0.25) is 35.7 Å². The first-order valence-electron chi connectivity index (χ1n) is 15.2. The van der Waals surface area contributed by atoms with Crippen molar-refractivity contribution < 1.29 is 9.53 Å². The molecule has 2 heterocycles. The van der Waals surface area contributed by atoms with Crippen LogP contribution in [0.15, 0.2) is 103 Å². The summed E-state index contributed by atoms with van der Waals surface area (Å²) < 4.78 is 5.02. The number of carbonyl (C=O) groups excluding carboxylic acids is 1. The molecule has 0 bridgehead atoms. The minimum absolute atomic E-state index is 0.00522. The number of para-hydroxylation sites is 1. The third kappa shape index (κ3) is 10.6. The Hall–Kier alpha value is -6.83. The molecule has 0 saturated heterocycles. The number of aryl methyl sites for hydroxylation is 3. The van der Waals surface area contributed by atoms with Crippen LogP contribution in [0, 0.1) is 20.8 Å². The number of aromatic nitrogens is 6. The predicted octanol–water partition coefficient (Wildman–Crippen LogP) is 7.13. The number of carbonyl (C=O) groups is 1. The molecule has 0 unspecified atom stereocenters. The Bertz CT molecular complexity index is 1870. The van der Waals surface area contributed by atoms with Gasteiger partial charge in [-0.3, -0.25) is 5.32 Å². The summed E-state index contributed by atoms with van der Waals surface area (Å²) in [4.78, 5) is 36.7. The first-order valence-corrected chi connectivity index (χ1v) is 15.2. The van der Waals surface area contributed by atoms with Gasteiger partial charge in [-0.1, -0.05) is 54.6 Å². The third-order valence-electron chi connectivity index (χ3n) is 6.50. The molecule has 1 amide bonds. The van der Waals surface area contributed by atoms with Crippen molar-refractivity contribution in [2.45, 2.75) is 20.8 Å². The van der Waals surface area contributed by atoms with Crippen LogP contribution >= 0.6 is 0 Å². The number of benzene rings is 4. The molecule has 7 N–H and O–H groups in total. The summed E-state index contributed by atoms with van der Waals surface area (Å²) in [5.41, 5.74) is 11.7. The molecule has 0 atom stereocenters. The number of rotatable bonds is 9. The molecule has 0 aliphatic heterocycles. The standard InChI is InChI=1S/C24H24N6.C11H12N6O2/c1-16-7-4-10-19(13-16)25-22-28-23(26-20-11-5-8-17(2)14-20)30-24(29-22)27-21-12-6-9-18(3)15-21;1-13-9-14-8(12)15-10(16-9)17-11(18)19-7-5-3-2-4-6-7/h4-15H,1-3H3,(H3,25,26,27,28,29,30);2-6H,1H3,(H4,12,13,14,15,16,17,18). The van der Waals surface area contributed by atoms with E-state index in [0.29, 0.717) is 23.6 Å². The van der Waals surface area contributed by atoms with Crippen molar-refractivity contribution in [2.24, 2.45) is 0 Å². The Morgan fingerprint density at radius 2 is 0.980 bits per heavy atom. The second-order valence-corrected chi connectivity index (χ2v) is 10.7. The van der Waals surface area contributed by atoms with Gasteiger partial charge < -0.3 is 31.7 Å². The maximum Gasteiger partial charge on any atom is 0.419 e. The molecular weight excluding hydrogens is 620 g/mol. The Kier molecular flexibility index (Phi) is 11.0. The van der Waals surface area contributed by atoms with E-state index < -0.39 is 6.09 Å². The van der Waals surface area contributed by atoms with E-state index in [4.69, 9.17) is 10.5 Å². The Morgan fingerprint density at radius 1 is 0.551 bits per heavy atom. The predicted molar refractivity (Wildman–Crippen MR) is 193 cm³/mol. The highest BCUT2D eigenvalue weighted by Crippen LogP contribution is 2.22. The lowest BCUT2D eigenvalue weighted by molar-refractivity contribution is 0.215. The van der Waals surface area contributed by atoms with Gasteiger partial charge in [-0.05, 0) is 86.0 Å². The van der Waals surface area contributed by atoms with E-state index in [2.05, 4.69) is 56.5 Å². The van der Waals surface area contributed by atoms with Crippen molar-refractivity contribution in [2.75, 3.05) is 39.4 Å². The number of nitrogen functional groups attached to an aromatic ring is 1. The second-order valence-electron chi connectivity index (χ2n) is 10.7. The average Bonchev–Trinajstić information content (AvgIpc) is 3.05. The molecule has 0 aliphatic carbocycles. The fraction of sp³-hybridized carbons (Fsp3) is 0.114. The average molecular weight is 657 g/mol. The number of amides is 1. The summed E-state index contributed by atoms with van der Waals surface area (Å²) in [5, 5.41) is 14.9. The molecule has 14 heteroatoms. The van der Waals surface area contributed by atoms with Gasteiger partial charge in [-0.25, -0.2) is 4.79 Å². The molecule has 6 rings (SSSR count). The maximum absolute atomic E-state index is 11.6. The molecule has 14 nitrogen and oxygen atoms in total. The molecule has 49 heavy (non-hydrogen) atoms. The Labute approximate surface area is 283 Å². The van der Waals surface area contributed by atoms with Gasteiger partial charge in [0.25, 0.3) is 0 Å². The van der Waals surface area contributed by atoms with Crippen molar-refractivity contribution in [1.29, 1.82) is 0 Å². The van der Waals surface area contributed by atoms with Crippen molar-refractivity contribution in [3.05, 3.63) is 120 Å². The zero-order valence-electron chi connectivity index (χ0n) is 27.4. The number of nitrogens with one attached hydrogen (secondary N) is 5. The van der Waals surface area contributed by atoms with Gasteiger partial charge in [0.05, 0.1) is 0 Å². The van der Waals surface area contributed by atoms with Crippen molar-refractivity contribution in [3.8, 4) is 5.75 Å². The first-order chi connectivity index (χ1) is 23.7. The monoisotopic (exact) mass is 656 g/mol. The fourth-order valence-electron chi connectivity index (χ4n) is 4.37. The largest absolute Gasteiger partial charge is 0.419 e. The van der Waals surface area contributed by atoms with Crippen LogP contribution in [0.5, 0.6) is 5.75 Å². The van der Waals surface area contributed by atoms with E-state index in [0.717, 1.165) is 33.8 Å². The highest BCUT2D eigenvalue weighted by Gasteiger charge is 2.11. The van der Waals surface area contributed by atoms with Crippen LogP contribution in [0.2, 0.25) is 0 Å². The zero-order chi connectivity index (χ0) is 34.6.